The molecular weight excluding hydrogens is 378 g/mol. The van der Waals surface area contributed by atoms with E-state index in [0.717, 1.165) is 0 Å². The molecule has 2 aromatic rings. The molecule has 0 bridgehead atoms. The Morgan fingerprint density at radius 1 is 1.10 bits per heavy atom. The smallest absolute Gasteiger partial charge is 0.348 e. The summed E-state index contributed by atoms with van der Waals surface area (Å²) in [6.45, 7) is 2.35. The van der Waals surface area contributed by atoms with Gasteiger partial charge in [-0.3, -0.25) is 4.79 Å². The lowest BCUT2D eigenvalue weighted by atomic mass is 9.99. The first-order chi connectivity index (χ1) is 14.0. The molecule has 2 atom stereocenters. The molecule has 0 unspecified atom stereocenters. The normalized spacial score (nSPS) is 18.1. The minimum absolute atomic E-state index is 0.206. The fourth-order valence-electron chi connectivity index (χ4n) is 3.13. The Bertz CT molecular complexity index is 971. The molecular formula is C21H19NO7. The average molecular weight is 397 g/mol. The van der Waals surface area contributed by atoms with Gasteiger partial charge >= 0.3 is 11.9 Å². The predicted octanol–water partition coefficient (Wildman–Crippen LogP) is 2.11. The van der Waals surface area contributed by atoms with Crippen molar-refractivity contribution < 1.29 is 33.3 Å². The Morgan fingerprint density at radius 2 is 1.86 bits per heavy atom. The lowest BCUT2D eigenvalue weighted by Crippen LogP contribution is -2.39. The molecule has 29 heavy (non-hydrogen) atoms. The zero-order chi connectivity index (χ0) is 20.4. The summed E-state index contributed by atoms with van der Waals surface area (Å²) in [5, 5.41) is 2.67. The van der Waals surface area contributed by atoms with Crippen LogP contribution in [0.2, 0.25) is 0 Å². The highest BCUT2D eigenvalue weighted by Crippen LogP contribution is 2.32. The molecule has 2 aliphatic rings. The summed E-state index contributed by atoms with van der Waals surface area (Å²) in [5.74, 6) is -0.725. The number of hydrogen-bond donors (Lipinski definition) is 1. The number of anilines is 1. The SMILES string of the molecule is C[C@H](OC(=O)[C@@H]1Cc2ccccc2C(=O)O1)C(=O)Nc1ccc2c(c1)OCCO2. The Hall–Kier alpha value is -3.55. The van der Waals surface area contributed by atoms with E-state index >= 15 is 0 Å². The highest BCUT2D eigenvalue weighted by molar-refractivity contribution is 5.97. The van der Waals surface area contributed by atoms with Crippen molar-refractivity contribution in [3.63, 3.8) is 0 Å². The molecule has 0 radical (unpaired) electrons. The first-order valence-electron chi connectivity index (χ1n) is 9.21. The van der Waals surface area contributed by atoms with Gasteiger partial charge in [0.25, 0.3) is 5.91 Å². The van der Waals surface area contributed by atoms with Gasteiger partial charge in [0.05, 0.1) is 5.56 Å². The van der Waals surface area contributed by atoms with Crippen LogP contribution >= 0.6 is 0 Å². The van der Waals surface area contributed by atoms with Crippen molar-refractivity contribution >= 4 is 23.5 Å². The highest BCUT2D eigenvalue weighted by atomic mass is 16.6. The fourth-order valence-corrected chi connectivity index (χ4v) is 3.13. The number of nitrogens with one attached hydrogen (secondary N) is 1. The van der Waals surface area contributed by atoms with Crippen molar-refractivity contribution in [1.29, 1.82) is 0 Å². The quantitative estimate of drug-likeness (QED) is 0.789. The van der Waals surface area contributed by atoms with E-state index in [-0.39, 0.29) is 6.42 Å². The molecule has 4 rings (SSSR count). The van der Waals surface area contributed by atoms with Crippen LogP contribution in [0.25, 0.3) is 0 Å². The lowest BCUT2D eigenvalue weighted by molar-refractivity contribution is -0.162. The molecule has 0 fully saturated rings. The average Bonchev–Trinajstić information content (AvgIpc) is 2.73. The van der Waals surface area contributed by atoms with Crippen molar-refractivity contribution in [2.45, 2.75) is 25.6 Å². The van der Waals surface area contributed by atoms with Gasteiger partial charge in [0, 0.05) is 18.2 Å². The standard InChI is InChI=1S/C21H19NO7/c1-12(19(23)22-14-6-7-16-17(11-14)27-9-8-26-16)28-21(25)18-10-13-4-2-3-5-15(13)20(24)29-18/h2-7,11-12,18H,8-10H2,1H3,(H,22,23)/t12-,18-/m0/s1. The third-order valence-electron chi connectivity index (χ3n) is 4.63. The van der Waals surface area contributed by atoms with Gasteiger partial charge in [-0.05, 0) is 30.7 Å². The lowest BCUT2D eigenvalue weighted by Gasteiger charge is -2.24. The third kappa shape index (κ3) is 4.01. The van der Waals surface area contributed by atoms with Crippen LogP contribution in [-0.4, -0.2) is 43.3 Å². The van der Waals surface area contributed by atoms with Gasteiger partial charge < -0.3 is 24.3 Å². The monoisotopic (exact) mass is 397 g/mol. The van der Waals surface area contributed by atoms with E-state index in [1.165, 1.54) is 6.92 Å². The summed E-state index contributed by atoms with van der Waals surface area (Å²) in [7, 11) is 0. The van der Waals surface area contributed by atoms with Gasteiger partial charge in [-0.15, -0.1) is 0 Å². The second-order valence-electron chi connectivity index (χ2n) is 6.68. The minimum Gasteiger partial charge on any atom is -0.486 e. The Balaban J connectivity index is 1.36. The van der Waals surface area contributed by atoms with Crippen molar-refractivity contribution in [3.8, 4) is 11.5 Å². The molecule has 150 valence electrons. The van der Waals surface area contributed by atoms with Gasteiger partial charge in [-0.2, -0.15) is 0 Å². The van der Waals surface area contributed by atoms with E-state index in [1.54, 1.807) is 42.5 Å². The van der Waals surface area contributed by atoms with Gasteiger partial charge in [-0.25, -0.2) is 9.59 Å². The number of benzene rings is 2. The van der Waals surface area contributed by atoms with Crippen LogP contribution in [-0.2, 0) is 25.5 Å². The number of carbonyl (C=O) groups is 3. The van der Waals surface area contributed by atoms with Crippen molar-refractivity contribution in [3.05, 3.63) is 53.6 Å². The molecule has 1 amide bonds. The number of hydrogen-bond acceptors (Lipinski definition) is 7. The summed E-state index contributed by atoms with van der Waals surface area (Å²) in [5.41, 5.74) is 1.63. The number of carbonyl (C=O) groups excluding carboxylic acids is 3. The fraction of sp³-hybridized carbons (Fsp3) is 0.286. The van der Waals surface area contributed by atoms with E-state index in [1.807, 2.05) is 0 Å². The summed E-state index contributed by atoms with van der Waals surface area (Å²) >= 11 is 0. The van der Waals surface area contributed by atoms with E-state index < -0.39 is 30.1 Å². The maximum Gasteiger partial charge on any atom is 0.348 e. The minimum atomic E-state index is -1.08. The molecule has 0 spiro atoms. The van der Waals surface area contributed by atoms with E-state index in [0.29, 0.717) is 41.5 Å². The summed E-state index contributed by atoms with van der Waals surface area (Å²) in [4.78, 5) is 36.8. The zero-order valence-corrected chi connectivity index (χ0v) is 15.7. The molecule has 0 aliphatic carbocycles. The third-order valence-corrected chi connectivity index (χ3v) is 4.63. The number of ether oxygens (including phenoxy) is 4. The number of esters is 2. The number of amides is 1. The first kappa shape index (κ1) is 18.8. The zero-order valence-electron chi connectivity index (χ0n) is 15.7. The molecule has 2 heterocycles. The van der Waals surface area contributed by atoms with Crippen LogP contribution < -0.4 is 14.8 Å². The van der Waals surface area contributed by atoms with Crippen LogP contribution in [0.5, 0.6) is 11.5 Å². The van der Waals surface area contributed by atoms with Crippen LogP contribution in [0.15, 0.2) is 42.5 Å². The molecule has 8 nitrogen and oxygen atoms in total. The molecule has 0 aromatic heterocycles. The van der Waals surface area contributed by atoms with Gasteiger partial charge in [0.1, 0.15) is 13.2 Å². The van der Waals surface area contributed by atoms with Crippen molar-refractivity contribution in [2.24, 2.45) is 0 Å². The summed E-state index contributed by atoms with van der Waals surface area (Å²) in [6.07, 6.45) is -1.95. The van der Waals surface area contributed by atoms with E-state index in [2.05, 4.69) is 5.32 Å². The van der Waals surface area contributed by atoms with E-state index in [9.17, 15) is 14.4 Å². The van der Waals surface area contributed by atoms with Crippen LogP contribution in [0.3, 0.4) is 0 Å². The molecule has 1 N–H and O–H groups in total. The Kier molecular flexibility index (Phi) is 5.07. The molecule has 2 aliphatic heterocycles. The predicted molar refractivity (Wildman–Crippen MR) is 101 cm³/mol. The van der Waals surface area contributed by atoms with E-state index in [4.69, 9.17) is 18.9 Å². The number of fused-ring (bicyclic) bond motifs is 2. The van der Waals surface area contributed by atoms with Crippen molar-refractivity contribution in [1.82, 2.24) is 0 Å². The molecule has 2 aromatic carbocycles. The second-order valence-corrected chi connectivity index (χ2v) is 6.68. The maximum atomic E-state index is 12.4. The Morgan fingerprint density at radius 3 is 2.69 bits per heavy atom. The highest BCUT2D eigenvalue weighted by Gasteiger charge is 2.34. The van der Waals surface area contributed by atoms with Crippen LogP contribution in [0, 0.1) is 0 Å². The topological polar surface area (TPSA) is 100 Å². The molecule has 0 saturated carbocycles. The maximum absolute atomic E-state index is 12.4. The largest absolute Gasteiger partial charge is 0.486 e. The first-order valence-corrected chi connectivity index (χ1v) is 9.21. The van der Waals surface area contributed by atoms with Crippen molar-refractivity contribution in [2.75, 3.05) is 18.5 Å². The summed E-state index contributed by atoms with van der Waals surface area (Å²) < 4.78 is 21.3. The number of cyclic esters (lactones) is 1. The van der Waals surface area contributed by atoms with Gasteiger partial charge in [0.2, 0.25) is 6.10 Å². The Labute approximate surface area is 166 Å². The van der Waals surface area contributed by atoms with Gasteiger partial charge in [-0.1, -0.05) is 18.2 Å². The van der Waals surface area contributed by atoms with Crippen LogP contribution in [0.1, 0.15) is 22.8 Å². The second kappa shape index (κ2) is 7.83. The molecule has 0 saturated heterocycles. The van der Waals surface area contributed by atoms with Gasteiger partial charge in [0.15, 0.2) is 17.6 Å². The molecule has 8 heteroatoms. The number of rotatable bonds is 4. The summed E-state index contributed by atoms with van der Waals surface area (Å²) in [6, 6.07) is 11.9. The van der Waals surface area contributed by atoms with Crippen LogP contribution in [0.4, 0.5) is 5.69 Å².